The first kappa shape index (κ1) is 17.1. The molecule has 0 atom stereocenters. The normalized spacial score (nSPS) is 12.7. The topological polar surface area (TPSA) is 80.4 Å². The highest BCUT2D eigenvalue weighted by atomic mass is 16.5. The molecule has 4 rings (SSSR count). The molecule has 1 aliphatic rings. The average Bonchev–Trinajstić information content (AvgIpc) is 3.17. The van der Waals surface area contributed by atoms with Gasteiger partial charge in [-0.2, -0.15) is 0 Å². The molecule has 0 fully saturated rings. The van der Waals surface area contributed by atoms with Gasteiger partial charge >= 0.3 is 0 Å². The number of carbonyl (C=O) groups excluding carboxylic acids is 1. The third-order valence-corrected chi connectivity index (χ3v) is 4.99. The van der Waals surface area contributed by atoms with Crippen molar-refractivity contribution in [2.24, 2.45) is 0 Å². The van der Waals surface area contributed by atoms with Crippen LogP contribution in [0.15, 0.2) is 41.2 Å². The highest BCUT2D eigenvalue weighted by Gasteiger charge is 2.19. The number of methoxy groups -OCH3 is 2. The molecular weight excluding hydrogens is 344 g/mol. The molecule has 0 spiro atoms. The fourth-order valence-corrected chi connectivity index (χ4v) is 3.74. The molecule has 0 saturated carbocycles. The Labute approximate surface area is 156 Å². The van der Waals surface area contributed by atoms with Gasteiger partial charge in [-0.15, -0.1) is 0 Å². The highest BCUT2D eigenvalue weighted by molar-refractivity contribution is 6.07. The van der Waals surface area contributed by atoms with Gasteiger partial charge in [-0.1, -0.05) is 12.1 Å². The molecule has 2 N–H and O–H groups in total. The van der Waals surface area contributed by atoms with Crippen molar-refractivity contribution in [3.63, 3.8) is 0 Å². The van der Waals surface area contributed by atoms with E-state index in [-0.39, 0.29) is 11.5 Å². The molecule has 138 valence electrons. The number of pyridine rings is 1. The molecule has 1 aromatic heterocycles. The van der Waals surface area contributed by atoms with E-state index in [0.29, 0.717) is 22.7 Å². The lowest BCUT2D eigenvalue weighted by molar-refractivity contribution is 0.102. The minimum absolute atomic E-state index is 0.0343. The van der Waals surface area contributed by atoms with E-state index in [1.165, 1.54) is 14.2 Å². The molecule has 6 heteroatoms. The maximum Gasteiger partial charge on any atom is 0.259 e. The number of nitrogens with one attached hydrogen (secondary N) is 2. The molecule has 6 nitrogen and oxygen atoms in total. The monoisotopic (exact) mass is 364 g/mol. The molecule has 1 heterocycles. The van der Waals surface area contributed by atoms with Gasteiger partial charge < -0.3 is 19.8 Å². The number of aromatic amines is 1. The second-order valence-electron chi connectivity index (χ2n) is 6.52. The van der Waals surface area contributed by atoms with Gasteiger partial charge in [0.2, 0.25) is 0 Å². The van der Waals surface area contributed by atoms with Crippen LogP contribution in [0.4, 0.5) is 5.69 Å². The Morgan fingerprint density at radius 3 is 2.67 bits per heavy atom. The summed E-state index contributed by atoms with van der Waals surface area (Å²) in [5, 5.41) is 3.91. The second kappa shape index (κ2) is 6.79. The van der Waals surface area contributed by atoms with E-state index in [1.807, 2.05) is 12.1 Å². The number of hydrogen-bond donors (Lipinski definition) is 2. The molecule has 2 aromatic carbocycles. The van der Waals surface area contributed by atoms with Crippen molar-refractivity contribution in [2.75, 3.05) is 19.5 Å². The molecule has 0 saturated heterocycles. The minimum atomic E-state index is -0.311. The van der Waals surface area contributed by atoms with Crippen molar-refractivity contribution in [1.82, 2.24) is 4.98 Å². The van der Waals surface area contributed by atoms with E-state index < -0.39 is 0 Å². The van der Waals surface area contributed by atoms with Crippen LogP contribution in [0.1, 0.15) is 27.9 Å². The van der Waals surface area contributed by atoms with E-state index >= 15 is 0 Å². The third-order valence-electron chi connectivity index (χ3n) is 4.99. The molecule has 0 aliphatic heterocycles. The molecule has 27 heavy (non-hydrogen) atoms. The van der Waals surface area contributed by atoms with Gasteiger partial charge in [-0.25, -0.2) is 0 Å². The summed E-state index contributed by atoms with van der Waals surface area (Å²) in [7, 11) is 3.02. The number of ether oxygens (including phenoxy) is 2. The number of carbonyl (C=O) groups is 1. The summed E-state index contributed by atoms with van der Waals surface area (Å²) in [4.78, 5) is 27.9. The van der Waals surface area contributed by atoms with E-state index in [1.54, 1.807) is 24.3 Å². The van der Waals surface area contributed by atoms with Crippen LogP contribution in [0.25, 0.3) is 10.9 Å². The number of para-hydroxylation sites is 1. The van der Waals surface area contributed by atoms with Gasteiger partial charge in [-0.05, 0) is 49.1 Å². The van der Waals surface area contributed by atoms with Crippen molar-refractivity contribution in [1.29, 1.82) is 0 Å². The van der Waals surface area contributed by atoms with E-state index in [9.17, 15) is 9.59 Å². The minimum Gasteiger partial charge on any atom is -0.493 e. The van der Waals surface area contributed by atoms with Crippen molar-refractivity contribution in [3.8, 4) is 11.5 Å². The highest BCUT2D eigenvalue weighted by Crippen LogP contribution is 2.32. The van der Waals surface area contributed by atoms with Crippen molar-refractivity contribution in [3.05, 3.63) is 63.4 Å². The van der Waals surface area contributed by atoms with Crippen LogP contribution >= 0.6 is 0 Å². The molecule has 0 bridgehead atoms. The van der Waals surface area contributed by atoms with Gasteiger partial charge in [-0.3, -0.25) is 9.59 Å². The fourth-order valence-electron chi connectivity index (χ4n) is 3.74. The lowest BCUT2D eigenvalue weighted by atomic mass is 10.1. The standard InChI is InChI=1S/C21H20N2O4/c1-26-18-8-4-7-16(19(18)27-2)21(25)22-12-9-10-14-13-5-3-6-15(13)20(24)23-17(14)11-12/h4,7-11H,3,5-6H2,1-2H3,(H,22,25)(H,23,24). The van der Waals surface area contributed by atoms with Gasteiger partial charge in [0.15, 0.2) is 11.5 Å². The summed E-state index contributed by atoms with van der Waals surface area (Å²) < 4.78 is 10.6. The van der Waals surface area contributed by atoms with Crippen LogP contribution in [0.3, 0.4) is 0 Å². The van der Waals surface area contributed by atoms with Crippen LogP contribution in [-0.2, 0) is 12.8 Å². The van der Waals surface area contributed by atoms with Gasteiger partial charge in [0, 0.05) is 16.6 Å². The van der Waals surface area contributed by atoms with Crippen molar-refractivity contribution < 1.29 is 14.3 Å². The van der Waals surface area contributed by atoms with Gasteiger partial charge in [0.25, 0.3) is 11.5 Å². The number of aromatic nitrogens is 1. The van der Waals surface area contributed by atoms with Crippen LogP contribution in [0, 0.1) is 0 Å². The van der Waals surface area contributed by atoms with Gasteiger partial charge in [0.05, 0.1) is 25.3 Å². The number of benzene rings is 2. The molecular formula is C21H20N2O4. The SMILES string of the molecule is COc1cccc(C(=O)Nc2ccc3c4c(c(=O)[nH]c3c2)CCC4)c1OC. The van der Waals surface area contributed by atoms with Crippen molar-refractivity contribution in [2.45, 2.75) is 19.3 Å². The van der Waals surface area contributed by atoms with Crippen LogP contribution in [-0.4, -0.2) is 25.1 Å². The Kier molecular flexibility index (Phi) is 4.32. The smallest absolute Gasteiger partial charge is 0.259 e. The summed E-state index contributed by atoms with van der Waals surface area (Å²) in [5.41, 5.74) is 3.69. The Bertz CT molecular complexity index is 1100. The third kappa shape index (κ3) is 2.93. The average molecular weight is 364 g/mol. The van der Waals surface area contributed by atoms with Crippen LogP contribution in [0.2, 0.25) is 0 Å². The maximum atomic E-state index is 12.7. The molecule has 1 aliphatic carbocycles. The predicted octanol–water partition coefficient (Wildman–Crippen LogP) is 3.29. The van der Waals surface area contributed by atoms with Crippen LogP contribution < -0.4 is 20.3 Å². The summed E-state index contributed by atoms with van der Waals surface area (Å²) >= 11 is 0. The Balaban J connectivity index is 1.69. The van der Waals surface area contributed by atoms with E-state index in [4.69, 9.17) is 9.47 Å². The van der Waals surface area contributed by atoms with Gasteiger partial charge in [0.1, 0.15) is 0 Å². The zero-order chi connectivity index (χ0) is 19.0. The summed E-state index contributed by atoms with van der Waals surface area (Å²) in [5.74, 6) is 0.557. The maximum absolute atomic E-state index is 12.7. The zero-order valence-electron chi connectivity index (χ0n) is 15.2. The summed E-state index contributed by atoms with van der Waals surface area (Å²) in [6.07, 6.45) is 2.75. The fraction of sp³-hybridized carbons (Fsp3) is 0.238. The number of hydrogen-bond acceptors (Lipinski definition) is 4. The Morgan fingerprint density at radius 1 is 1.07 bits per heavy atom. The number of anilines is 1. The summed E-state index contributed by atoms with van der Waals surface area (Å²) in [6, 6.07) is 10.7. The molecule has 1 amide bonds. The number of H-pyrrole nitrogens is 1. The zero-order valence-corrected chi connectivity index (χ0v) is 15.2. The number of amides is 1. The molecule has 3 aromatic rings. The second-order valence-corrected chi connectivity index (χ2v) is 6.52. The first-order valence-corrected chi connectivity index (χ1v) is 8.82. The number of rotatable bonds is 4. The molecule has 0 radical (unpaired) electrons. The Hall–Kier alpha value is -3.28. The van der Waals surface area contributed by atoms with E-state index in [2.05, 4.69) is 10.3 Å². The number of fused-ring (bicyclic) bond motifs is 3. The van der Waals surface area contributed by atoms with E-state index in [0.717, 1.165) is 41.3 Å². The lowest BCUT2D eigenvalue weighted by Gasteiger charge is -2.13. The lowest BCUT2D eigenvalue weighted by Crippen LogP contribution is -2.15. The summed E-state index contributed by atoms with van der Waals surface area (Å²) in [6.45, 7) is 0. The number of aryl methyl sites for hydroxylation is 1. The first-order chi connectivity index (χ1) is 13.1. The predicted molar refractivity (Wildman–Crippen MR) is 104 cm³/mol. The molecule has 0 unspecified atom stereocenters. The first-order valence-electron chi connectivity index (χ1n) is 8.82. The Morgan fingerprint density at radius 2 is 1.89 bits per heavy atom. The van der Waals surface area contributed by atoms with Crippen molar-refractivity contribution >= 4 is 22.5 Å². The van der Waals surface area contributed by atoms with Crippen LogP contribution in [0.5, 0.6) is 11.5 Å². The quantitative estimate of drug-likeness (QED) is 0.744. The largest absolute Gasteiger partial charge is 0.493 e.